The third-order valence-electron chi connectivity index (χ3n) is 4.14. The standard InChI is InChI=1S/C17H21FN4O/c1-12(2)22-11-19-9-15(22)10-21-7-6-20-17(23)16(21)13-4-3-5-14(18)8-13/h3-5,8-9,11-12,16H,6-7,10H2,1-2H3,(H,20,23)/t16-/m0/s1. The molecule has 0 radical (unpaired) electrons. The highest BCUT2D eigenvalue weighted by Crippen LogP contribution is 2.26. The van der Waals surface area contributed by atoms with Crippen LogP contribution in [0.2, 0.25) is 0 Å². The third-order valence-corrected chi connectivity index (χ3v) is 4.14. The first-order valence-corrected chi connectivity index (χ1v) is 7.84. The van der Waals surface area contributed by atoms with Gasteiger partial charge >= 0.3 is 0 Å². The molecule has 1 aromatic carbocycles. The van der Waals surface area contributed by atoms with Crippen LogP contribution in [0.15, 0.2) is 36.8 Å². The molecule has 122 valence electrons. The Morgan fingerprint density at radius 1 is 1.43 bits per heavy atom. The number of benzene rings is 1. The molecule has 23 heavy (non-hydrogen) atoms. The molecule has 5 nitrogen and oxygen atoms in total. The fourth-order valence-corrected chi connectivity index (χ4v) is 3.05. The number of halogens is 1. The van der Waals surface area contributed by atoms with E-state index in [-0.39, 0.29) is 11.7 Å². The molecule has 0 spiro atoms. The summed E-state index contributed by atoms with van der Waals surface area (Å²) in [5.74, 6) is -0.412. The fraction of sp³-hybridized carbons (Fsp3) is 0.412. The lowest BCUT2D eigenvalue weighted by Gasteiger charge is -2.35. The van der Waals surface area contributed by atoms with Gasteiger partial charge in [0.2, 0.25) is 5.91 Å². The second kappa shape index (κ2) is 6.50. The van der Waals surface area contributed by atoms with E-state index in [9.17, 15) is 9.18 Å². The Bertz CT molecular complexity index is 697. The van der Waals surface area contributed by atoms with Gasteiger partial charge in [0.15, 0.2) is 0 Å². The Kier molecular flexibility index (Phi) is 4.43. The second-order valence-corrected chi connectivity index (χ2v) is 6.11. The summed E-state index contributed by atoms with van der Waals surface area (Å²) in [5, 5.41) is 2.87. The number of imidazole rings is 1. The quantitative estimate of drug-likeness (QED) is 0.941. The maximum Gasteiger partial charge on any atom is 0.242 e. The molecular weight excluding hydrogens is 295 g/mol. The Labute approximate surface area is 135 Å². The molecule has 0 aliphatic carbocycles. The van der Waals surface area contributed by atoms with Crippen LogP contribution in [-0.4, -0.2) is 33.4 Å². The van der Waals surface area contributed by atoms with Crippen LogP contribution in [-0.2, 0) is 11.3 Å². The fourth-order valence-electron chi connectivity index (χ4n) is 3.05. The van der Waals surface area contributed by atoms with Crippen LogP contribution >= 0.6 is 0 Å². The van der Waals surface area contributed by atoms with Crippen molar-refractivity contribution in [3.05, 3.63) is 53.9 Å². The Balaban J connectivity index is 1.89. The van der Waals surface area contributed by atoms with Crippen molar-refractivity contribution in [1.82, 2.24) is 19.8 Å². The minimum absolute atomic E-state index is 0.0857. The van der Waals surface area contributed by atoms with Crippen molar-refractivity contribution < 1.29 is 9.18 Å². The minimum atomic E-state index is -0.477. The largest absolute Gasteiger partial charge is 0.353 e. The van der Waals surface area contributed by atoms with Crippen molar-refractivity contribution in [2.24, 2.45) is 0 Å². The summed E-state index contributed by atoms with van der Waals surface area (Å²) in [6.45, 7) is 6.11. The number of hydrogen-bond donors (Lipinski definition) is 1. The zero-order chi connectivity index (χ0) is 16.4. The SMILES string of the molecule is CC(C)n1cncc1CN1CCNC(=O)[C@@H]1c1cccc(F)c1. The van der Waals surface area contributed by atoms with Crippen molar-refractivity contribution >= 4 is 5.91 Å². The minimum Gasteiger partial charge on any atom is -0.353 e. The number of nitrogens with zero attached hydrogens (tertiary/aromatic N) is 3. The number of amides is 1. The number of aromatic nitrogens is 2. The summed E-state index contributed by atoms with van der Waals surface area (Å²) in [6.07, 6.45) is 3.64. The van der Waals surface area contributed by atoms with Crippen molar-refractivity contribution in [2.45, 2.75) is 32.5 Å². The normalized spacial score (nSPS) is 19.1. The van der Waals surface area contributed by atoms with E-state index in [0.29, 0.717) is 24.7 Å². The number of piperazine rings is 1. The molecule has 1 N–H and O–H groups in total. The highest BCUT2D eigenvalue weighted by molar-refractivity contribution is 5.83. The van der Waals surface area contributed by atoms with Gasteiger partial charge in [0.25, 0.3) is 0 Å². The first-order chi connectivity index (χ1) is 11.1. The molecule has 1 fully saturated rings. The van der Waals surface area contributed by atoms with Gasteiger partial charge in [-0.2, -0.15) is 0 Å². The number of rotatable bonds is 4. The molecule has 1 atom stereocenters. The first kappa shape index (κ1) is 15.7. The van der Waals surface area contributed by atoms with Crippen LogP contribution in [0.3, 0.4) is 0 Å². The van der Waals surface area contributed by atoms with Gasteiger partial charge in [-0.05, 0) is 31.5 Å². The second-order valence-electron chi connectivity index (χ2n) is 6.11. The lowest BCUT2D eigenvalue weighted by Crippen LogP contribution is -2.49. The summed E-state index contributed by atoms with van der Waals surface area (Å²) in [5.41, 5.74) is 1.73. The molecule has 3 rings (SSSR count). The predicted octanol–water partition coefficient (Wildman–Crippen LogP) is 2.28. The number of nitrogens with one attached hydrogen (secondary N) is 1. The Morgan fingerprint density at radius 3 is 3.00 bits per heavy atom. The molecular formula is C17H21FN4O. The van der Waals surface area contributed by atoms with Gasteiger partial charge < -0.3 is 9.88 Å². The third kappa shape index (κ3) is 3.27. The van der Waals surface area contributed by atoms with Crippen LogP contribution in [0, 0.1) is 5.82 Å². The van der Waals surface area contributed by atoms with Gasteiger partial charge in [-0.3, -0.25) is 9.69 Å². The molecule has 6 heteroatoms. The average Bonchev–Trinajstić information content (AvgIpc) is 2.96. The Morgan fingerprint density at radius 2 is 2.26 bits per heavy atom. The lowest BCUT2D eigenvalue weighted by atomic mass is 10.0. The van der Waals surface area contributed by atoms with Crippen molar-refractivity contribution in [3.8, 4) is 0 Å². The summed E-state index contributed by atoms with van der Waals surface area (Å²) >= 11 is 0. The molecule has 1 aliphatic heterocycles. The maximum atomic E-state index is 13.6. The molecule has 2 aromatic rings. The van der Waals surface area contributed by atoms with Crippen LogP contribution in [0.4, 0.5) is 4.39 Å². The monoisotopic (exact) mass is 316 g/mol. The summed E-state index contributed by atoms with van der Waals surface area (Å²) in [7, 11) is 0. The van der Waals surface area contributed by atoms with Gasteiger partial charge in [0.1, 0.15) is 11.9 Å². The molecule has 0 unspecified atom stereocenters. The molecule has 0 saturated carbocycles. The van der Waals surface area contributed by atoms with Crippen molar-refractivity contribution in [1.29, 1.82) is 0 Å². The zero-order valence-corrected chi connectivity index (χ0v) is 13.4. The summed E-state index contributed by atoms with van der Waals surface area (Å²) in [4.78, 5) is 18.7. The number of hydrogen-bond acceptors (Lipinski definition) is 3. The predicted molar refractivity (Wildman–Crippen MR) is 85.2 cm³/mol. The summed E-state index contributed by atoms with van der Waals surface area (Å²) < 4.78 is 15.7. The maximum absolute atomic E-state index is 13.6. The molecule has 2 heterocycles. The van der Waals surface area contributed by atoms with Gasteiger partial charge in [0, 0.05) is 31.9 Å². The van der Waals surface area contributed by atoms with E-state index in [0.717, 1.165) is 12.2 Å². The van der Waals surface area contributed by atoms with E-state index in [4.69, 9.17) is 0 Å². The van der Waals surface area contributed by atoms with E-state index in [2.05, 4.69) is 33.6 Å². The number of carbonyl (C=O) groups is 1. The zero-order valence-electron chi connectivity index (χ0n) is 13.4. The topological polar surface area (TPSA) is 50.2 Å². The van der Waals surface area contributed by atoms with Crippen LogP contribution in [0.5, 0.6) is 0 Å². The average molecular weight is 316 g/mol. The van der Waals surface area contributed by atoms with E-state index >= 15 is 0 Å². The van der Waals surface area contributed by atoms with E-state index in [1.54, 1.807) is 18.5 Å². The highest BCUT2D eigenvalue weighted by atomic mass is 19.1. The van der Waals surface area contributed by atoms with Crippen molar-refractivity contribution in [3.63, 3.8) is 0 Å². The van der Waals surface area contributed by atoms with E-state index < -0.39 is 6.04 Å². The van der Waals surface area contributed by atoms with Gasteiger partial charge in [-0.1, -0.05) is 12.1 Å². The molecule has 0 bridgehead atoms. The summed E-state index contributed by atoms with van der Waals surface area (Å²) in [6, 6.07) is 6.09. The molecule has 1 saturated heterocycles. The molecule has 1 aliphatic rings. The highest BCUT2D eigenvalue weighted by Gasteiger charge is 2.31. The first-order valence-electron chi connectivity index (χ1n) is 7.84. The number of carbonyl (C=O) groups excluding carboxylic acids is 1. The van der Waals surface area contributed by atoms with Crippen LogP contribution in [0.1, 0.15) is 37.2 Å². The van der Waals surface area contributed by atoms with E-state index in [1.165, 1.54) is 12.1 Å². The van der Waals surface area contributed by atoms with Gasteiger partial charge in [-0.25, -0.2) is 9.37 Å². The van der Waals surface area contributed by atoms with Crippen LogP contribution in [0.25, 0.3) is 0 Å². The van der Waals surface area contributed by atoms with Gasteiger partial charge in [0.05, 0.1) is 12.0 Å². The molecule has 1 amide bonds. The molecule has 1 aromatic heterocycles. The lowest BCUT2D eigenvalue weighted by molar-refractivity contribution is -0.129. The van der Waals surface area contributed by atoms with E-state index in [1.807, 2.05) is 6.20 Å². The Hall–Kier alpha value is -2.21. The smallest absolute Gasteiger partial charge is 0.242 e. The van der Waals surface area contributed by atoms with Gasteiger partial charge in [-0.15, -0.1) is 0 Å². The van der Waals surface area contributed by atoms with Crippen molar-refractivity contribution in [2.75, 3.05) is 13.1 Å². The van der Waals surface area contributed by atoms with Crippen LogP contribution < -0.4 is 5.32 Å².